The summed E-state index contributed by atoms with van der Waals surface area (Å²) in [6.07, 6.45) is -0.561. The summed E-state index contributed by atoms with van der Waals surface area (Å²) >= 11 is 3.36. The highest BCUT2D eigenvalue weighted by atomic mass is 79.9. The van der Waals surface area contributed by atoms with Gasteiger partial charge in [-0.15, -0.1) is 0 Å². The van der Waals surface area contributed by atoms with Crippen LogP contribution in [-0.2, 0) is 4.79 Å². The van der Waals surface area contributed by atoms with Gasteiger partial charge in [0.1, 0.15) is 5.75 Å². The van der Waals surface area contributed by atoms with Crippen molar-refractivity contribution in [1.29, 1.82) is 0 Å². The Hall–Kier alpha value is -1.81. The van der Waals surface area contributed by atoms with Crippen molar-refractivity contribution in [2.45, 2.75) is 13.0 Å². The third-order valence-electron chi connectivity index (χ3n) is 2.52. The standard InChI is InChI=1S/C15H14BrNO2/c1-11(19-14-9-5-6-12(16)10-14)15(18)17-13-7-3-2-4-8-13/h2-11H,1H3,(H,17,18). The molecule has 0 aliphatic carbocycles. The molecule has 0 saturated carbocycles. The van der Waals surface area contributed by atoms with Crippen molar-refractivity contribution < 1.29 is 9.53 Å². The molecule has 98 valence electrons. The lowest BCUT2D eigenvalue weighted by molar-refractivity contribution is -0.122. The van der Waals surface area contributed by atoms with Crippen molar-refractivity contribution in [3.8, 4) is 5.75 Å². The largest absolute Gasteiger partial charge is 0.481 e. The Morgan fingerprint density at radius 2 is 1.89 bits per heavy atom. The maximum Gasteiger partial charge on any atom is 0.265 e. The zero-order valence-electron chi connectivity index (χ0n) is 10.5. The number of para-hydroxylation sites is 1. The molecular formula is C15H14BrNO2. The van der Waals surface area contributed by atoms with Crippen LogP contribution in [0.3, 0.4) is 0 Å². The van der Waals surface area contributed by atoms with Crippen molar-refractivity contribution in [3.63, 3.8) is 0 Å². The number of nitrogens with one attached hydrogen (secondary N) is 1. The quantitative estimate of drug-likeness (QED) is 0.929. The van der Waals surface area contributed by atoms with E-state index in [0.717, 1.165) is 10.2 Å². The maximum absolute atomic E-state index is 12.0. The molecule has 2 aromatic rings. The molecule has 3 nitrogen and oxygen atoms in total. The van der Waals surface area contributed by atoms with Crippen LogP contribution in [0.4, 0.5) is 5.69 Å². The predicted octanol–water partition coefficient (Wildman–Crippen LogP) is 3.86. The number of ether oxygens (including phenoxy) is 1. The molecule has 0 aliphatic heterocycles. The Morgan fingerprint density at radius 3 is 2.58 bits per heavy atom. The second-order valence-corrected chi connectivity index (χ2v) is 4.99. The average Bonchev–Trinajstić information content (AvgIpc) is 2.40. The molecule has 4 heteroatoms. The normalized spacial score (nSPS) is 11.7. The van der Waals surface area contributed by atoms with Gasteiger partial charge in [0.25, 0.3) is 5.91 Å². The van der Waals surface area contributed by atoms with Crippen LogP contribution in [0.1, 0.15) is 6.92 Å². The molecule has 0 spiro atoms. The number of hydrogen-bond donors (Lipinski definition) is 1. The lowest BCUT2D eigenvalue weighted by Crippen LogP contribution is -2.30. The Kier molecular flexibility index (Phi) is 4.58. The highest BCUT2D eigenvalue weighted by Gasteiger charge is 2.14. The molecule has 0 fully saturated rings. The zero-order chi connectivity index (χ0) is 13.7. The summed E-state index contributed by atoms with van der Waals surface area (Å²) in [7, 11) is 0. The Balaban J connectivity index is 1.96. The van der Waals surface area contributed by atoms with Gasteiger partial charge in [-0.25, -0.2) is 0 Å². The second-order valence-electron chi connectivity index (χ2n) is 4.07. The van der Waals surface area contributed by atoms with Crippen molar-refractivity contribution >= 4 is 27.5 Å². The second kappa shape index (κ2) is 6.38. The fourth-order valence-electron chi connectivity index (χ4n) is 1.56. The third-order valence-corrected chi connectivity index (χ3v) is 3.01. The van der Waals surface area contributed by atoms with Crippen molar-refractivity contribution in [1.82, 2.24) is 0 Å². The van der Waals surface area contributed by atoms with Gasteiger partial charge >= 0.3 is 0 Å². The number of anilines is 1. The molecule has 0 radical (unpaired) electrons. The Labute approximate surface area is 120 Å². The average molecular weight is 320 g/mol. The van der Waals surface area contributed by atoms with E-state index in [2.05, 4.69) is 21.2 Å². The maximum atomic E-state index is 12.0. The highest BCUT2D eigenvalue weighted by Crippen LogP contribution is 2.19. The first-order valence-corrected chi connectivity index (χ1v) is 6.72. The van der Waals surface area contributed by atoms with Crippen LogP contribution in [0.5, 0.6) is 5.75 Å². The topological polar surface area (TPSA) is 38.3 Å². The Morgan fingerprint density at radius 1 is 1.16 bits per heavy atom. The molecular weight excluding hydrogens is 306 g/mol. The molecule has 1 unspecified atom stereocenters. The van der Waals surface area contributed by atoms with Gasteiger partial charge in [-0.3, -0.25) is 4.79 Å². The van der Waals surface area contributed by atoms with Crippen molar-refractivity contribution in [2.24, 2.45) is 0 Å². The van der Waals surface area contributed by atoms with Gasteiger partial charge in [0.05, 0.1) is 0 Å². The Bertz CT molecular complexity index is 557. The lowest BCUT2D eigenvalue weighted by Gasteiger charge is -2.14. The van der Waals surface area contributed by atoms with Gasteiger partial charge in [-0.05, 0) is 37.3 Å². The van der Waals surface area contributed by atoms with Crippen LogP contribution in [0.2, 0.25) is 0 Å². The summed E-state index contributed by atoms with van der Waals surface area (Å²) in [6.45, 7) is 1.72. The summed E-state index contributed by atoms with van der Waals surface area (Å²) in [5, 5.41) is 2.80. The van der Waals surface area contributed by atoms with Crippen LogP contribution in [0, 0.1) is 0 Å². The van der Waals surface area contributed by atoms with Crippen LogP contribution in [0.15, 0.2) is 59.1 Å². The summed E-state index contributed by atoms with van der Waals surface area (Å²) in [5.74, 6) is 0.483. The number of carbonyl (C=O) groups excluding carboxylic acids is 1. The van der Waals surface area contributed by atoms with E-state index in [1.54, 1.807) is 6.92 Å². The van der Waals surface area contributed by atoms with Gasteiger partial charge in [0.15, 0.2) is 6.10 Å². The molecule has 0 aliphatic rings. The molecule has 0 aromatic heterocycles. The van der Waals surface area contributed by atoms with Crippen molar-refractivity contribution in [3.05, 3.63) is 59.1 Å². The van der Waals surface area contributed by atoms with E-state index >= 15 is 0 Å². The first-order chi connectivity index (χ1) is 9.15. The fourth-order valence-corrected chi connectivity index (χ4v) is 1.94. The summed E-state index contributed by atoms with van der Waals surface area (Å²) in [6, 6.07) is 16.7. The first kappa shape index (κ1) is 13.6. The van der Waals surface area contributed by atoms with Gasteiger partial charge in [0, 0.05) is 10.2 Å². The highest BCUT2D eigenvalue weighted by molar-refractivity contribution is 9.10. The van der Waals surface area contributed by atoms with E-state index in [-0.39, 0.29) is 5.91 Å². The van der Waals surface area contributed by atoms with Crippen LogP contribution < -0.4 is 10.1 Å². The molecule has 0 saturated heterocycles. The van der Waals surface area contributed by atoms with Crippen molar-refractivity contribution in [2.75, 3.05) is 5.32 Å². The molecule has 1 N–H and O–H groups in total. The minimum atomic E-state index is -0.561. The number of hydrogen-bond acceptors (Lipinski definition) is 2. The fraction of sp³-hybridized carbons (Fsp3) is 0.133. The summed E-state index contributed by atoms with van der Waals surface area (Å²) in [5.41, 5.74) is 0.761. The number of carbonyl (C=O) groups is 1. The van der Waals surface area contributed by atoms with Gasteiger partial charge in [0.2, 0.25) is 0 Å². The van der Waals surface area contributed by atoms with Crippen LogP contribution in [-0.4, -0.2) is 12.0 Å². The lowest BCUT2D eigenvalue weighted by atomic mass is 10.3. The molecule has 2 aromatic carbocycles. The predicted molar refractivity (Wildman–Crippen MR) is 79.3 cm³/mol. The number of rotatable bonds is 4. The van der Waals surface area contributed by atoms with Gasteiger partial charge < -0.3 is 10.1 Å². The van der Waals surface area contributed by atoms with E-state index in [4.69, 9.17) is 4.74 Å². The molecule has 0 heterocycles. The van der Waals surface area contributed by atoms with E-state index in [1.165, 1.54) is 0 Å². The molecule has 1 atom stereocenters. The summed E-state index contributed by atoms with van der Waals surface area (Å²) < 4.78 is 6.50. The monoisotopic (exact) mass is 319 g/mol. The molecule has 1 amide bonds. The minimum absolute atomic E-state index is 0.175. The van der Waals surface area contributed by atoms with Gasteiger partial charge in [-0.2, -0.15) is 0 Å². The SMILES string of the molecule is CC(Oc1cccc(Br)c1)C(=O)Nc1ccccc1. The number of halogens is 1. The van der Waals surface area contributed by atoms with Crippen LogP contribution >= 0.6 is 15.9 Å². The molecule has 0 bridgehead atoms. The van der Waals surface area contributed by atoms with Crippen LogP contribution in [0.25, 0.3) is 0 Å². The zero-order valence-corrected chi connectivity index (χ0v) is 12.1. The van der Waals surface area contributed by atoms with Gasteiger partial charge in [-0.1, -0.05) is 40.2 Å². The van der Waals surface area contributed by atoms with E-state index < -0.39 is 6.10 Å². The smallest absolute Gasteiger partial charge is 0.265 e. The van der Waals surface area contributed by atoms with E-state index in [1.807, 2.05) is 54.6 Å². The number of amides is 1. The minimum Gasteiger partial charge on any atom is -0.481 e. The number of benzene rings is 2. The van der Waals surface area contributed by atoms with E-state index in [0.29, 0.717) is 5.75 Å². The molecule has 19 heavy (non-hydrogen) atoms. The first-order valence-electron chi connectivity index (χ1n) is 5.93. The van der Waals surface area contributed by atoms with E-state index in [9.17, 15) is 4.79 Å². The third kappa shape index (κ3) is 4.10. The summed E-state index contributed by atoms with van der Waals surface area (Å²) in [4.78, 5) is 12.0. The molecule has 2 rings (SSSR count).